The Kier molecular flexibility index (Phi) is 4.44. The fourth-order valence-corrected chi connectivity index (χ4v) is 2.48. The van der Waals surface area contributed by atoms with Crippen LogP contribution in [0.4, 0.5) is 5.69 Å². The second-order valence-electron chi connectivity index (χ2n) is 4.74. The number of anilines is 1. The molecule has 1 N–H and O–H groups in total. The van der Waals surface area contributed by atoms with Crippen molar-refractivity contribution in [1.29, 1.82) is 0 Å². The molecule has 2 aromatic rings. The molecule has 2 aromatic carbocycles. The van der Waals surface area contributed by atoms with Crippen LogP contribution in [0.3, 0.4) is 0 Å². The van der Waals surface area contributed by atoms with Crippen LogP contribution in [0.1, 0.15) is 5.56 Å². The molecule has 0 unspecified atom stereocenters. The monoisotopic (exact) mass is 359 g/mol. The number of ether oxygens (including phenoxy) is 2. The van der Waals surface area contributed by atoms with Gasteiger partial charge >= 0.3 is 0 Å². The molecule has 1 heterocycles. The minimum atomic E-state index is -0.187. The van der Waals surface area contributed by atoms with Gasteiger partial charge in [-0.1, -0.05) is 28.1 Å². The Labute approximate surface area is 136 Å². The first-order valence-electron chi connectivity index (χ1n) is 6.85. The molecular formula is C17H14BrNO3. The Morgan fingerprint density at radius 1 is 1.09 bits per heavy atom. The van der Waals surface area contributed by atoms with Crippen LogP contribution in [-0.2, 0) is 4.79 Å². The van der Waals surface area contributed by atoms with Gasteiger partial charge < -0.3 is 14.8 Å². The summed E-state index contributed by atoms with van der Waals surface area (Å²) in [6.45, 7) is 1.11. The van der Waals surface area contributed by atoms with E-state index < -0.39 is 0 Å². The van der Waals surface area contributed by atoms with Gasteiger partial charge in [0, 0.05) is 16.2 Å². The normalized spacial score (nSPS) is 13.1. The summed E-state index contributed by atoms with van der Waals surface area (Å²) in [4.78, 5) is 11.9. The molecule has 0 bridgehead atoms. The first-order valence-corrected chi connectivity index (χ1v) is 7.64. The van der Waals surface area contributed by atoms with Gasteiger partial charge in [0.1, 0.15) is 13.2 Å². The Morgan fingerprint density at radius 3 is 2.73 bits per heavy atom. The highest BCUT2D eigenvalue weighted by molar-refractivity contribution is 9.10. The topological polar surface area (TPSA) is 47.6 Å². The van der Waals surface area contributed by atoms with Gasteiger partial charge in [-0.15, -0.1) is 0 Å². The fraction of sp³-hybridized carbons (Fsp3) is 0.118. The highest BCUT2D eigenvalue weighted by Crippen LogP contribution is 2.31. The zero-order valence-corrected chi connectivity index (χ0v) is 13.3. The minimum Gasteiger partial charge on any atom is -0.486 e. The lowest BCUT2D eigenvalue weighted by atomic mass is 10.2. The molecule has 0 spiro atoms. The number of benzene rings is 2. The van der Waals surface area contributed by atoms with E-state index in [1.165, 1.54) is 6.08 Å². The molecule has 0 saturated carbocycles. The number of halogens is 1. The van der Waals surface area contributed by atoms with E-state index in [1.807, 2.05) is 42.5 Å². The van der Waals surface area contributed by atoms with Crippen LogP contribution in [0.5, 0.6) is 11.5 Å². The van der Waals surface area contributed by atoms with Crippen molar-refractivity contribution in [2.75, 3.05) is 18.5 Å². The predicted octanol–water partition coefficient (Wildman–Crippen LogP) is 3.87. The van der Waals surface area contributed by atoms with E-state index in [2.05, 4.69) is 21.2 Å². The van der Waals surface area contributed by atoms with Gasteiger partial charge in [-0.25, -0.2) is 0 Å². The molecule has 22 heavy (non-hydrogen) atoms. The number of hydrogen-bond acceptors (Lipinski definition) is 3. The molecule has 1 aliphatic heterocycles. The van der Waals surface area contributed by atoms with E-state index >= 15 is 0 Å². The zero-order chi connectivity index (χ0) is 15.4. The summed E-state index contributed by atoms with van der Waals surface area (Å²) < 4.78 is 11.9. The second kappa shape index (κ2) is 6.66. The van der Waals surface area contributed by atoms with Crippen molar-refractivity contribution in [3.05, 3.63) is 58.6 Å². The summed E-state index contributed by atoms with van der Waals surface area (Å²) in [5.74, 6) is 1.26. The Hall–Kier alpha value is -2.27. The molecule has 112 valence electrons. The molecule has 0 saturated heterocycles. The van der Waals surface area contributed by atoms with E-state index in [1.54, 1.807) is 6.08 Å². The molecule has 1 amide bonds. The van der Waals surface area contributed by atoms with Gasteiger partial charge in [-0.2, -0.15) is 0 Å². The highest BCUT2D eigenvalue weighted by atomic mass is 79.9. The maximum atomic E-state index is 11.9. The lowest BCUT2D eigenvalue weighted by Crippen LogP contribution is -2.15. The Morgan fingerprint density at radius 2 is 1.91 bits per heavy atom. The number of hydrogen-bond donors (Lipinski definition) is 1. The van der Waals surface area contributed by atoms with Crippen LogP contribution in [0.25, 0.3) is 6.08 Å². The minimum absolute atomic E-state index is 0.187. The lowest BCUT2D eigenvalue weighted by Gasteiger charge is -2.18. The van der Waals surface area contributed by atoms with E-state index in [0.29, 0.717) is 19.0 Å². The first kappa shape index (κ1) is 14.7. The zero-order valence-electron chi connectivity index (χ0n) is 11.7. The van der Waals surface area contributed by atoms with Crippen molar-refractivity contribution in [3.63, 3.8) is 0 Å². The molecule has 5 heteroatoms. The SMILES string of the molecule is O=C(/C=C/c1ccc2c(c1)OCCO2)Nc1cccc(Br)c1. The van der Waals surface area contributed by atoms with Crippen LogP contribution >= 0.6 is 15.9 Å². The van der Waals surface area contributed by atoms with Crippen LogP contribution in [0.15, 0.2) is 53.0 Å². The average Bonchev–Trinajstić information content (AvgIpc) is 2.53. The van der Waals surface area contributed by atoms with Gasteiger partial charge in [-0.05, 0) is 42.0 Å². The summed E-state index contributed by atoms with van der Waals surface area (Å²) in [5.41, 5.74) is 1.62. The van der Waals surface area contributed by atoms with Crippen LogP contribution in [-0.4, -0.2) is 19.1 Å². The van der Waals surface area contributed by atoms with E-state index in [4.69, 9.17) is 9.47 Å². The molecule has 4 nitrogen and oxygen atoms in total. The van der Waals surface area contributed by atoms with Gasteiger partial charge in [0.2, 0.25) is 5.91 Å². The third-order valence-corrected chi connectivity index (χ3v) is 3.58. The average molecular weight is 360 g/mol. The summed E-state index contributed by atoms with van der Waals surface area (Å²) in [7, 11) is 0. The third kappa shape index (κ3) is 3.68. The number of carbonyl (C=O) groups is 1. The molecule has 0 aliphatic carbocycles. The highest BCUT2D eigenvalue weighted by Gasteiger charge is 2.10. The molecule has 0 aromatic heterocycles. The number of rotatable bonds is 3. The van der Waals surface area contributed by atoms with Gasteiger partial charge in [0.05, 0.1) is 0 Å². The van der Waals surface area contributed by atoms with Crippen molar-refractivity contribution in [2.24, 2.45) is 0 Å². The van der Waals surface area contributed by atoms with E-state index in [-0.39, 0.29) is 5.91 Å². The van der Waals surface area contributed by atoms with Gasteiger partial charge in [-0.3, -0.25) is 4.79 Å². The van der Waals surface area contributed by atoms with Crippen molar-refractivity contribution in [3.8, 4) is 11.5 Å². The molecule has 3 rings (SSSR count). The van der Waals surface area contributed by atoms with Crippen LogP contribution < -0.4 is 14.8 Å². The Balaban J connectivity index is 1.67. The molecular weight excluding hydrogens is 346 g/mol. The Bertz CT molecular complexity index is 728. The quantitative estimate of drug-likeness (QED) is 0.846. The summed E-state index contributed by atoms with van der Waals surface area (Å²) in [6, 6.07) is 13.0. The molecule has 0 fully saturated rings. The smallest absolute Gasteiger partial charge is 0.248 e. The number of carbonyl (C=O) groups excluding carboxylic acids is 1. The summed E-state index contributed by atoms with van der Waals surface area (Å²) in [6.07, 6.45) is 3.23. The van der Waals surface area contributed by atoms with Gasteiger partial charge in [0.25, 0.3) is 0 Å². The maximum absolute atomic E-state index is 11.9. The fourth-order valence-electron chi connectivity index (χ4n) is 2.09. The summed E-state index contributed by atoms with van der Waals surface area (Å²) >= 11 is 3.37. The van der Waals surface area contributed by atoms with Gasteiger partial charge in [0.15, 0.2) is 11.5 Å². The number of fused-ring (bicyclic) bond motifs is 1. The number of nitrogens with one attached hydrogen (secondary N) is 1. The van der Waals surface area contributed by atoms with Crippen molar-refractivity contribution < 1.29 is 14.3 Å². The summed E-state index contributed by atoms with van der Waals surface area (Å²) in [5, 5.41) is 2.80. The van der Waals surface area contributed by atoms with Crippen molar-refractivity contribution >= 4 is 33.6 Å². The standard InChI is InChI=1S/C17H14BrNO3/c18-13-2-1-3-14(11-13)19-17(20)7-5-12-4-6-15-16(10-12)22-9-8-21-15/h1-7,10-11H,8-9H2,(H,19,20)/b7-5+. The number of amides is 1. The molecule has 0 radical (unpaired) electrons. The van der Waals surface area contributed by atoms with Crippen molar-refractivity contribution in [2.45, 2.75) is 0 Å². The first-order chi connectivity index (χ1) is 10.7. The molecule has 0 atom stereocenters. The largest absolute Gasteiger partial charge is 0.486 e. The predicted molar refractivity (Wildman–Crippen MR) is 89.2 cm³/mol. The molecule has 1 aliphatic rings. The maximum Gasteiger partial charge on any atom is 0.248 e. The van der Waals surface area contributed by atoms with Crippen molar-refractivity contribution in [1.82, 2.24) is 0 Å². The van der Waals surface area contributed by atoms with Crippen LogP contribution in [0, 0.1) is 0 Å². The third-order valence-electron chi connectivity index (χ3n) is 3.09. The second-order valence-corrected chi connectivity index (χ2v) is 5.65. The lowest BCUT2D eigenvalue weighted by molar-refractivity contribution is -0.111. The van der Waals surface area contributed by atoms with E-state index in [9.17, 15) is 4.79 Å². The van der Waals surface area contributed by atoms with Crippen LogP contribution in [0.2, 0.25) is 0 Å². The van der Waals surface area contributed by atoms with E-state index in [0.717, 1.165) is 21.5 Å².